The van der Waals surface area contributed by atoms with Crippen molar-refractivity contribution in [2.75, 3.05) is 0 Å². The third-order valence-electron chi connectivity index (χ3n) is 2.42. The first kappa shape index (κ1) is 11.8. The second kappa shape index (κ2) is 5.01. The Kier molecular flexibility index (Phi) is 3.95. The van der Waals surface area contributed by atoms with Crippen LogP contribution in [0.4, 0.5) is 8.78 Å². The summed E-state index contributed by atoms with van der Waals surface area (Å²) in [6.45, 7) is 3.27. The molecular weight excluding hydrogens is 198 g/mol. The topological polar surface area (TPSA) is 17.1 Å². The van der Waals surface area contributed by atoms with E-state index < -0.39 is 11.6 Å². The Balaban J connectivity index is 2.78. The zero-order chi connectivity index (χ0) is 11.4. The maximum Gasteiger partial charge on any atom is 0.162 e. The van der Waals surface area contributed by atoms with E-state index >= 15 is 0 Å². The van der Waals surface area contributed by atoms with E-state index in [0.717, 1.165) is 0 Å². The van der Waals surface area contributed by atoms with Crippen molar-refractivity contribution in [3.63, 3.8) is 0 Å². The predicted molar refractivity (Wildman–Crippen MR) is 54.7 cm³/mol. The molecule has 0 spiro atoms. The van der Waals surface area contributed by atoms with Crippen molar-refractivity contribution >= 4 is 5.78 Å². The zero-order valence-electron chi connectivity index (χ0n) is 8.94. The minimum absolute atomic E-state index is 0.0652. The van der Waals surface area contributed by atoms with Gasteiger partial charge in [0.25, 0.3) is 0 Å². The fourth-order valence-corrected chi connectivity index (χ4v) is 1.33. The van der Waals surface area contributed by atoms with Crippen LogP contribution in [0.1, 0.15) is 30.9 Å². The van der Waals surface area contributed by atoms with Crippen LogP contribution in [0.3, 0.4) is 0 Å². The van der Waals surface area contributed by atoms with E-state index in [1.54, 1.807) is 6.92 Å². The molecule has 82 valence electrons. The number of hydrogen-bond acceptors (Lipinski definition) is 1. The fraction of sp³-hybridized carbons (Fsp3) is 0.417. The van der Waals surface area contributed by atoms with Crippen molar-refractivity contribution in [2.24, 2.45) is 0 Å². The fourth-order valence-electron chi connectivity index (χ4n) is 1.33. The first-order chi connectivity index (χ1) is 7.06. The van der Waals surface area contributed by atoms with Crippen LogP contribution in [0.5, 0.6) is 0 Å². The third-order valence-corrected chi connectivity index (χ3v) is 2.42. The molecule has 15 heavy (non-hydrogen) atoms. The summed E-state index contributed by atoms with van der Waals surface area (Å²) in [6, 6.07) is 3.07. The van der Waals surface area contributed by atoms with Gasteiger partial charge < -0.3 is 0 Å². The predicted octanol–water partition coefficient (Wildman–Crippen LogP) is 3.18. The van der Waals surface area contributed by atoms with E-state index in [4.69, 9.17) is 0 Å². The largest absolute Gasteiger partial charge is 0.300 e. The second-order valence-corrected chi connectivity index (χ2v) is 3.56. The summed E-state index contributed by atoms with van der Waals surface area (Å²) in [7, 11) is 0. The Morgan fingerprint density at radius 3 is 2.53 bits per heavy atom. The summed E-state index contributed by atoms with van der Waals surface area (Å²) in [4.78, 5) is 11.0. The van der Waals surface area contributed by atoms with Crippen molar-refractivity contribution in [1.82, 2.24) is 0 Å². The molecule has 0 aliphatic heterocycles. The van der Waals surface area contributed by atoms with Crippen LogP contribution >= 0.6 is 0 Å². The van der Waals surface area contributed by atoms with Crippen molar-refractivity contribution in [2.45, 2.75) is 33.1 Å². The maximum absolute atomic E-state index is 13.3. The van der Waals surface area contributed by atoms with Crippen LogP contribution in [-0.2, 0) is 11.2 Å². The van der Waals surface area contributed by atoms with E-state index in [2.05, 4.69) is 0 Å². The Morgan fingerprint density at radius 2 is 1.93 bits per heavy atom. The van der Waals surface area contributed by atoms with Crippen LogP contribution in [-0.4, -0.2) is 5.78 Å². The summed E-state index contributed by atoms with van der Waals surface area (Å²) in [5.74, 6) is -1.56. The quantitative estimate of drug-likeness (QED) is 0.749. The van der Waals surface area contributed by atoms with Crippen molar-refractivity contribution in [1.29, 1.82) is 0 Å². The first-order valence-corrected chi connectivity index (χ1v) is 5.01. The molecule has 0 fully saturated rings. The first-order valence-electron chi connectivity index (χ1n) is 5.01. The van der Waals surface area contributed by atoms with Crippen LogP contribution < -0.4 is 0 Å². The molecule has 0 saturated carbocycles. The summed E-state index contributed by atoms with van der Waals surface area (Å²) in [5, 5.41) is 0. The number of ketones is 1. The lowest BCUT2D eigenvalue weighted by molar-refractivity contribution is -0.118. The minimum atomic E-state index is -0.820. The van der Waals surface area contributed by atoms with Gasteiger partial charge in [0.2, 0.25) is 0 Å². The summed E-state index contributed by atoms with van der Waals surface area (Å²) < 4.78 is 26.5. The summed E-state index contributed by atoms with van der Waals surface area (Å²) in [5.41, 5.74) is 0.568. The molecule has 1 rings (SSSR count). The number of halogens is 2. The van der Waals surface area contributed by atoms with E-state index in [9.17, 15) is 13.6 Å². The molecular formula is C12H14F2O. The monoisotopic (exact) mass is 212 g/mol. The van der Waals surface area contributed by atoms with Gasteiger partial charge in [-0.15, -0.1) is 0 Å². The van der Waals surface area contributed by atoms with E-state index in [0.29, 0.717) is 6.42 Å². The molecule has 1 nitrogen and oxygen atoms in total. The van der Waals surface area contributed by atoms with Gasteiger partial charge in [-0.25, -0.2) is 8.78 Å². The molecule has 0 amide bonds. The summed E-state index contributed by atoms with van der Waals surface area (Å²) in [6.07, 6.45) is 0.988. The smallest absolute Gasteiger partial charge is 0.162 e. The molecule has 3 heteroatoms. The van der Waals surface area contributed by atoms with Gasteiger partial charge in [-0.3, -0.25) is 4.79 Å². The van der Waals surface area contributed by atoms with Crippen LogP contribution in [0, 0.1) is 18.6 Å². The number of carbonyl (C=O) groups excluding carboxylic acids is 1. The second-order valence-electron chi connectivity index (χ2n) is 3.56. The van der Waals surface area contributed by atoms with Gasteiger partial charge in [0.15, 0.2) is 11.6 Å². The lowest BCUT2D eigenvalue weighted by Crippen LogP contribution is -2.02. The highest BCUT2D eigenvalue weighted by Gasteiger charge is 2.11. The maximum atomic E-state index is 13.3. The lowest BCUT2D eigenvalue weighted by Gasteiger charge is -2.05. The summed E-state index contributed by atoms with van der Waals surface area (Å²) >= 11 is 0. The zero-order valence-corrected chi connectivity index (χ0v) is 8.94. The van der Waals surface area contributed by atoms with Crippen molar-refractivity contribution in [3.05, 3.63) is 34.9 Å². The molecule has 1 aromatic rings. The Labute approximate surface area is 88.1 Å². The number of benzene rings is 1. The highest BCUT2D eigenvalue weighted by atomic mass is 19.2. The van der Waals surface area contributed by atoms with Crippen LogP contribution in [0.25, 0.3) is 0 Å². The molecule has 1 aromatic carbocycles. The van der Waals surface area contributed by atoms with Gasteiger partial charge >= 0.3 is 0 Å². The van der Waals surface area contributed by atoms with Crippen LogP contribution in [0.15, 0.2) is 12.1 Å². The molecule has 0 heterocycles. The van der Waals surface area contributed by atoms with E-state index in [-0.39, 0.29) is 29.8 Å². The Morgan fingerprint density at radius 1 is 1.27 bits per heavy atom. The van der Waals surface area contributed by atoms with E-state index in [1.807, 2.05) is 0 Å². The Hall–Kier alpha value is -1.25. The standard InChI is InChI=1S/C12H14F2O/c1-3-10(15)7-6-9-5-4-8(2)11(13)12(9)14/h4-5H,3,6-7H2,1-2H3. The number of carbonyl (C=O) groups is 1. The van der Waals surface area contributed by atoms with Crippen molar-refractivity contribution < 1.29 is 13.6 Å². The lowest BCUT2D eigenvalue weighted by atomic mass is 10.0. The molecule has 0 N–H and O–H groups in total. The number of aryl methyl sites for hydroxylation is 2. The van der Waals surface area contributed by atoms with Crippen LogP contribution in [0.2, 0.25) is 0 Å². The van der Waals surface area contributed by atoms with E-state index in [1.165, 1.54) is 19.1 Å². The normalized spacial score (nSPS) is 10.4. The molecule has 0 radical (unpaired) electrons. The van der Waals surface area contributed by atoms with Crippen molar-refractivity contribution in [3.8, 4) is 0 Å². The average Bonchev–Trinajstić information content (AvgIpc) is 2.24. The molecule has 0 unspecified atom stereocenters. The highest BCUT2D eigenvalue weighted by Crippen LogP contribution is 2.17. The van der Waals surface area contributed by atoms with Gasteiger partial charge in [0, 0.05) is 12.8 Å². The molecule has 0 saturated heterocycles. The molecule has 0 aromatic heterocycles. The molecule has 0 aliphatic rings. The SMILES string of the molecule is CCC(=O)CCc1ccc(C)c(F)c1F. The Bertz CT molecular complexity index is 372. The number of hydrogen-bond donors (Lipinski definition) is 0. The van der Waals surface area contributed by atoms with Gasteiger partial charge in [0.05, 0.1) is 0 Å². The van der Waals surface area contributed by atoms with Gasteiger partial charge in [0.1, 0.15) is 5.78 Å². The number of Topliss-reactive ketones (excluding diaryl/α,β-unsaturated/α-hetero) is 1. The van der Waals surface area contributed by atoms with Gasteiger partial charge in [-0.1, -0.05) is 19.1 Å². The molecule has 0 aliphatic carbocycles. The van der Waals surface area contributed by atoms with Gasteiger partial charge in [-0.2, -0.15) is 0 Å². The molecule has 0 atom stereocenters. The highest BCUT2D eigenvalue weighted by molar-refractivity contribution is 5.78. The molecule has 0 bridgehead atoms. The van der Waals surface area contributed by atoms with Gasteiger partial charge in [-0.05, 0) is 24.5 Å². The average molecular weight is 212 g/mol. The minimum Gasteiger partial charge on any atom is -0.300 e. The third kappa shape index (κ3) is 2.85. The number of rotatable bonds is 4.